The van der Waals surface area contributed by atoms with E-state index in [-0.39, 0.29) is 11.4 Å². The quantitative estimate of drug-likeness (QED) is 0.790. The number of fused-ring (bicyclic) bond motifs is 1. The van der Waals surface area contributed by atoms with E-state index in [1.54, 1.807) is 0 Å². The third kappa shape index (κ3) is 1.48. The number of aromatic nitrogens is 3. The van der Waals surface area contributed by atoms with Gasteiger partial charge in [-0.1, -0.05) is 0 Å². The molecule has 2 N–H and O–H groups in total. The Morgan fingerprint density at radius 2 is 2.06 bits per heavy atom. The van der Waals surface area contributed by atoms with Crippen molar-refractivity contribution in [3.05, 3.63) is 17.5 Å². The summed E-state index contributed by atoms with van der Waals surface area (Å²) in [5.74, 6) is 0. The van der Waals surface area contributed by atoms with Crippen LogP contribution in [0.1, 0.15) is 11.3 Å². The molecule has 16 heavy (non-hydrogen) atoms. The predicted molar refractivity (Wildman–Crippen MR) is 53.2 cm³/mol. The molecule has 0 saturated heterocycles. The summed E-state index contributed by atoms with van der Waals surface area (Å²) < 4.78 is 38.5. The molecule has 7 heteroatoms. The van der Waals surface area contributed by atoms with Crippen molar-refractivity contribution in [2.45, 2.75) is 13.1 Å². The van der Waals surface area contributed by atoms with E-state index in [0.717, 1.165) is 0 Å². The molecule has 0 saturated carbocycles. The van der Waals surface area contributed by atoms with E-state index in [1.807, 2.05) is 0 Å². The van der Waals surface area contributed by atoms with Crippen molar-refractivity contribution in [3.63, 3.8) is 0 Å². The number of anilines is 1. The van der Waals surface area contributed by atoms with E-state index in [4.69, 9.17) is 0 Å². The second-order valence-electron chi connectivity index (χ2n) is 3.33. The highest BCUT2D eigenvalue weighted by atomic mass is 19.4. The molecule has 4 nitrogen and oxygen atoms in total. The van der Waals surface area contributed by atoms with Gasteiger partial charge in [0.1, 0.15) is 5.56 Å². The molecule has 0 aromatic carbocycles. The van der Waals surface area contributed by atoms with Gasteiger partial charge in [0, 0.05) is 7.05 Å². The van der Waals surface area contributed by atoms with Crippen molar-refractivity contribution in [3.8, 4) is 0 Å². The van der Waals surface area contributed by atoms with E-state index in [2.05, 4.69) is 20.5 Å². The highest BCUT2D eigenvalue weighted by Crippen LogP contribution is 2.39. The molecule has 86 valence electrons. The number of H-pyrrole nitrogens is 1. The number of halogens is 3. The van der Waals surface area contributed by atoms with E-state index in [0.29, 0.717) is 11.0 Å². The molecule has 0 radical (unpaired) electrons. The van der Waals surface area contributed by atoms with Gasteiger partial charge in [0.05, 0.1) is 23.0 Å². The predicted octanol–water partition coefficient (Wildman–Crippen LogP) is 2.33. The Bertz CT molecular complexity index is 529. The lowest BCUT2D eigenvalue weighted by Crippen LogP contribution is -2.12. The number of hydrogen-bond acceptors (Lipinski definition) is 3. The minimum absolute atomic E-state index is 0.00347. The Labute approximate surface area is 88.9 Å². The van der Waals surface area contributed by atoms with Gasteiger partial charge in [-0.2, -0.15) is 18.3 Å². The van der Waals surface area contributed by atoms with E-state index < -0.39 is 11.7 Å². The largest absolute Gasteiger partial charge is 0.420 e. The standard InChI is InChI=1S/C9H9F3N4/c1-4-6(9(10,11)12)7(13-2)5-3-14-16-8(5)15-4/h3H,1-2H3,(H2,13,14,15,16). The first-order valence-electron chi connectivity index (χ1n) is 4.53. The number of aromatic amines is 1. The van der Waals surface area contributed by atoms with Gasteiger partial charge in [-0.05, 0) is 6.92 Å². The third-order valence-electron chi connectivity index (χ3n) is 2.31. The van der Waals surface area contributed by atoms with Gasteiger partial charge in [-0.3, -0.25) is 5.10 Å². The fourth-order valence-corrected chi connectivity index (χ4v) is 1.69. The summed E-state index contributed by atoms with van der Waals surface area (Å²) >= 11 is 0. The summed E-state index contributed by atoms with van der Waals surface area (Å²) in [5.41, 5.74) is -0.476. The highest BCUT2D eigenvalue weighted by molar-refractivity contribution is 5.91. The summed E-state index contributed by atoms with van der Waals surface area (Å²) in [6.07, 6.45) is -3.11. The molecule has 2 heterocycles. The molecule has 2 aromatic heterocycles. The highest BCUT2D eigenvalue weighted by Gasteiger charge is 2.37. The lowest BCUT2D eigenvalue weighted by molar-refractivity contribution is -0.137. The second kappa shape index (κ2) is 3.36. The summed E-state index contributed by atoms with van der Waals surface area (Å²) in [7, 11) is 1.44. The van der Waals surface area contributed by atoms with Gasteiger partial charge in [-0.25, -0.2) is 4.98 Å². The molecule has 2 aromatic rings. The molecule has 0 atom stereocenters. The van der Waals surface area contributed by atoms with Crippen LogP contribution in [-0.2, 0) is 6.18 Å². The van der Waals surface area contributed by atoms with Crippen molar-refractivity contribution in [1.82, 2.24) is 15.2 Å². The molecule has 0 unspecified atom stereocenters. The van der Waals surface area contributed by atoms with Gasteiger partial charge in [0.2, 0.25) is 0 Å². The van der Waals surface area contributed by atoms with Crippen molar-refractivity contribution in [1.29, 1.82) is 0 Å². The maximum absolute atomic E-state index is 12.8. The Hall–Kier alpha value is -1.79. The zero-order chi connectivity index (χ0) is 11.9. The van der Waals surface area contributed by atoms with Gasteiger partial charge in [0.15, 0.2) is 5.65 Å². The minimum atomic E-state index is -4.43. The fourth-order valence-electron chi connectivity index (χ4n) is 1.69. The van der Waals surface area contributed by atoms with Gasteiger partial charge in [0.25, 0.3) is 0 Å². The normalized spacial score (nSPS) is 12.1. The molecule has 0 bridgehead atoms. The number of pyridine rings is 1. The van der Waals surface area contributed by atoms with Crippen LogP contribution in [0.2, 0.25) is 0 Å². The first kappa shape index (κ1) is 10.7. The smallest absolute Gasteiger partial charge is 0.387 e. The molecular weight excluding hydrogens is 221 g/mol. The lowest BCUT2D eigenvalue weighted by Gasteiger charge is -2.15. The second-order valence-corrected chi connectivity index (χ2v) is 3.33. The number of nitrogens with one attached hydrogen (secondary N) is 2. The Kier molecular flexibility index (Phi) is 2.25. The molecule has 0 fully saturated rings. The molecule has 0 amide bonds. The topological polar surface area (TPSA) is 53.6 Å². The number of aryl methyl sites for hydroxylation is 1. The van der Waals surface area contributed by atoms with Crippen LogP contribution in [0.4, 0.5) is 18.9 Å². The fraction of sp³-hybridized carbons (Fsp3) is 0.333. The Morgan fingerprint density at radius 3 is 2.62 bits per heavy atom. The first-order valence-corrected chi connectivity index (χ1v) is 4.53. The lowest BCUT2D eigenvalue weighted by atomic mass is 10.1. The molecule has 0 aliphatic heterocycles. The van der Waals surface area contributed by atoms with Crippen LogP contribution in [0.25, 0.3) is 11.0 Å². The van der Waals surface area contributed by atoms with Gasteiger partial charge in [-0.15, -0.1) is 0 Å². The third-order valence-corrected chi connectivity index (χ3v) is 2.31. The monoisotopic (exact) mass is 230 g/mol. The maximum Gasteiger partial charge on any atom is 0.420 e. The Morgan fingerprint density at radius 1 is 1.38 bits per heavy atom. The van der Waals surface area contributed by atoms with Crippen LogP contribution in [0.15, 0.2) is 6.20 Å². The molecular formula is C9H9F3N4. The molecule has 0 aliphatic carbocycles. The molecule has 0 aliphatic rings. The number of alkyl halides is 3. The van der Waals surface area contributed by atoms with Crippen LogP contribution in [0.5, 0.6) is 0 Å². The van der Waals surface area contributed by atoms with Crippen LogP contribution >= 0.6 is 0 Å². The Balaban J connectivity index is 2.85. The zero-order valence-electron chi connectivity index (χ0n) is 8.61. The van der Waals surface area contributed by atoms with Gasteiger partial charge < -0.3 is 5.32 Å². The SMILES string of the molecule is CNc1c(C(F)(F)F)c(C)nc2[nH]ncc12. The minimum Gasteiger partial charge on any atom is -0.387 e. The van der Waals surface area contributed by atoms with E-state index in [1.165, 1.54) is 20.2 Å². The van der Waals surface area contributed by atoms with Crippen LogP contribution in [-0.4, -0.2) is 22.2 Å². The summed E-state index contributed by atoms with van der Waals surface area (Å²) in [6, 6.07) is 0. The number of hydrogen-bond donors (Lipinski definition) is 2. The van der Waals surface area contributed by atoms with E-state index >= 15 is 0 Å². The van der Waals surface area contributed by atoms with Gasteiger partial charge >= 0.3 is 6.18 Å². The molecule has 0 spiro atoms. The van der Waals surface area contributed by atoms with E-state index in [9.17, 15) is 13.2 Å². The average Bonchev–Trinajstić information content (AvgIpc) is 2.60. The van der Waals surface area contributed by atoms with Crippen molar-refractivity contribution >= 4 is 16.7 Å². The van der Waals surface area contributed by atoms with Crippen molar-refractivity contribution in [2.24, 2.45) is 0 Å². The van der Waals surface area contributed by atoms with Crippen molar-refractivity contribution < 1.29 is 13.2 Å². The molecule has 2 rings (SSSR count). The van der Waals surface area contributed by atoms with Crippen LogP contribution < -0.4 is 5.32 Å². The van der Waals surface area contributed by atoms with Crippen LogP contribution in [0.3, 0.4) is 0 Å². The first-order chi connectivity index (χ1) is 7.45. The van der Waals surface area contributed by atoms with Crippen LogP contribution in [0, 0.1) is 6.92 Å². The summed E-state index contributed by atoms with van der Waals surface area (Å²) in [6.45, 7) is 1.32. The summed E-state index contributed by atoms with van der Waals surface area (Å²) in [4.78, 5) is 3.83. The number of rotatable bonds is 1. The maximum atomic E-state index is 12.8. The zero-order valence-corrected chi connectivity index (χ0v) is 8.61. The summed E-state index contributed by atoms with van der Waals surface area (Å²) in [5, 5.41) is 9.11. The average molecular weight is 230 g/mol. The number of nitrogens with zero attached hydrogens (tertiary/aromatic N) is 2. The van der Waals surface area contributed by atoms with Crippen molar-refractivity contribution in [2.75, 3.05) is 12.4 Å².